The summed E-state index contributed by atoms with van der Waals surface area (Å²) in [7, 11) is 0. The van der Waals surface area contributed by atoms with Crippen LogP contribution in [0, 0.1) is 5.82 Å². The SMILES string of the molecule is CC(O)c1cn(Cc2ccc(F)cc2)cn1. The molecule has 4 heteroatoms. The Balaban J connectivity index is 2.11. The number of hydrogen-bond acceptors (Lipinski definition) is 2. The van der Waals surface area contributed by atoms with E-state index in [4.69, 9.17) is 0 Å². The second-order valence-corrected chi connectivity index (χ2v) is 3.77. The van der Waals surface area contributed by atoms with Crippen LogP contribution in [0.15, 0.2) is 36.8 Å². The van der Waals surface area contributed by atoms with Crippen LogP contribution in [0.25, 0.3) is 0 Å². The average molecular weight is 220 g/mol. The lowest BCUT2D eigenvalue weighted by Gasteiger charge is -2.02. The minimum absolute atomic E-state index is 0.237. The van der Waals surface area contributed by atoms with Crippen molar-refractivity contribution in [3.63, 3.8) is 0 Å². The molecule has 16 heavy (non-hydrogen) atoms. The molecule has 1 heterocycles. The molecule has 1 atom stereocenters. The Bertz CT molecular complexity index is 462. The predicted octanol–water partition coefficient (Wildman–Crippen LogP) is 2.12. The number of aliphatic hydroxyl groups excluding tert-OH is 1. The van der Waals surface area contributed by atoms with Crippen LogP contribution in [0.2, 0.25) is 0 Å². The van der Waals surface area contributed by atoms with Crippen molar-refractivity contribution in [3.05, 3.63) is 53.9 Å². The second-order valence-electron chi connectivity index (χ2n) is 3.77. The Hall–Kier alpha value is -1.68. The molecule has 2 rings (SSSR count). The number of rotatable bonds is 3. The van der Waals surface area contributed by atoms with Crippen molar-refractivity contribution in [2.75, 3.05) is 0 Å². The first-order valence-corrected chi connectivity index (χ1v) is 5.09. The summed E-state index contributed by atoms with van der Waals surface area (Å²) in [5.41, 5.74) is 1.64. The van der Waals surface area contributed by atoms with Gasteiger partial charge in [0.1, 0.15) is 5.82 Å². The van der Waals surface area contributed by atoms with Crippen LogP contribution in [-0.2, 0) is 6.54 Å². The van der Waals surface area contributed by atoms with Gasteiger partial charge in [-0.05, 0) is 24.6 Å². The Morgan fingerprint density at radius 1 is 1.38 bits per heavy atom. The van der Waals surface area contributed by atoms with Gasteiger partial charge in [-0.2, -0.15) is 0 Å². The fraction of sp³-hybridized carbons (Fsp3) is 0.250. The average Bonchev–Trinajstić information content (AvgIpc) is 2.70. The minimum Gasteiger partial charge on any atom is -0.387 e. The van der Waals surface area contributed by atoms with Gasteiger partial charge in [-0.15, -0.1) is 0 Å². The molecule has 3 nitrogen and oxygen atoms in total. The van der Waals surface area contributed by atoms with E-state index in [0.29, 0.717) is 12.2 Å². The van der Waals surface area contributed by atoms with Gasteiger partial charge in [-0.3, -0.25) is 0 Å². The molecule has 0 saturated heterocycles. The van der Waals surface area contributed by atoms with Crippen molar-refractivity contribution in [2.45, 2.75) is 19.6 Å². The van der Waals surface area contributed by atoms with E-state index < -0.39 is 6.10 Å². The molecule has 0 fully saturated rings. The lowest BCUT2D eigenvalue weighted by molar-refractivity contribution is 0.195. The maximum absolute atomic E-state index is 12.7. The molecule has 1 aromatic heterocycles. The smallest absolute Gasteiger partial charge is 0.123 e. The van der Waals surface area contributed by atoms with E-state index in [0.717, 1.165) is 5.56 Å². The largest absolute Gasteiger partial charge is 0.387 e. The standard InChI is InChI=1S/C12H13FN2O/c1-9(16)12-7-15(8-14-12)6-10-2-4-11(13)5-3-10/h2-5,7-9,16H,6H2,1H3. The van der Waals surface area contributed by atoms with Crippen LogP contribution in [0.5, 0.6) is 0 Å². The zero-order valence-electron chi connectivity index (χ0n) is 8.97. The van der Waals surface area contributed by atoms with Gasteiger partial charge in [0.2, 0.25) is 0 Å². The first kappa shape index (κ1) is 10.8. The molecule has 84 valence electrons. The number of nitrogens with zero attached hydrogens (tertiary/aromatic N) is 2. The molecule has 0 aliphatic heterocycles. The predicted molar refractivity (Wildman–Crippen MR) is 58.4 cm³/mol. The van der Waals surface area contributed by atoms with Crippen LogP contribution in [0.4, 0.5) is 4.39 Å². The van der Waals surface area contributed by atoms with Gasteiger partial charge in [0, 0.05) is 12.7 Å². The summed E-state index contributed by atoms with van der Waals surface area (Å²) in [5, 5.41) is 9.31. The van der Waals surface area contributed by atoms with Gasteiger partial charge in [-0.1, -0.05) is 12.1 Å². The molecule has 1 aromatic carbocycles. The maximum Gasteiger partial charge on any atom is 0.123 e. The molecule has 0 aliphatic carbocycles. The molecular weight excluding hydrogens is 207 g/mol. The summed E-state index contributed by atoms with van der Waals surface area (Å²) in [5.74, 6) is -0.237. The highest BCUT2D eigenvalue weighted by Crippen LogP contribution is 2.10. The van der Waals surface area contributed by atoms with E-state index in [9.17, 15) is 9.50 Å². The third-order valence-electron chi connectivity index (χ3n) is 2.36. The third kappa shape index (κ3) is 2.46. The van der Waals surface area contributed by atoms with Gasteiger partial charge in [0.05, 0.1) is 18.1 Å². The fourth-order valence-corrected chi connectivity index (χ4v) is 1.48. The number of aliphatic hydroxyl groups is 1. The van der Waals surface area contributed by atoms with Gasteiger partial charge in [0.15, 0.2) is 0 Å². The molecule has 0 bridgehead atoms. The van der Waals surface area contributed by atoms with Crippen LogP contribution in [0.1, 0.15) is 24.3 Å². The highest BCUT2D eigenvalue weighted by molar-refractivity contribution is 5.16. The fourth-order valence-electron chi connectivity index (χ4n) is 1.48. The topological polar surface area (TPSA) is 38.0 Å². The molecule has 0 radical (unpaired) electrons. The first-order valence-electron chi connectivity index (χ1n) is 5.09. The molecular formula is C12H13FN2O. The van der Waals surface area contributed by atoms with Crippen LogP contribution in [0.3, 0.4) is 0 Å². The Morgan fingerprint density at radius 3 is 2.62 bits per heavy atom. The van der Waals surface area contributed by atoms with Gasteiger partial charge >= 0.3 is 0 Å². The van der Waals surface area contributed by atoms with Crippen molar-refractivity contribution in [2.24, 2.45) is 0 Å². The summed E-state index contributed by atoms with van der Waals surface area (Å²) in [4.78, 5) is 4.07. The number of aromatic nitrogens is 2. The summed E-state index contributed by atoms with van der Waals surface area (Å²) in [6.45, 7) is 2.30. The van der Waals surface area contributed by atoms with E-state index in [2.05, 4.69) is 4.98 Å². The maximum atomic E-state index is 12.7. The van der Waals surface area contributed by atoms with Crippen molar-refractivity contribution in [3.8, 4) is 0 Å². The molecule has 2 aromatic rings. The monoisotopic (exact) mass is 220 g/mol. The van der Waals surface area contributed by atoms with E-state index in [-0.39, 0.29) is 5.82 Å². The highest BCUT2D eigenvalue weighted by Gasteiger charge is 2.04. The van der Waals surface area contributed by atoms with E-state index in [1.54, 1.807) is 31.6 Å². The molecule has 0 amide bonds. The van der Waals surface area contributed by atoms with E-state index >= 15 is 0 Å². The van der Waals surface area contributed by atoms with Crippen LogP contribution < -0.4 is 0 Å². The lowest BCUT2D eigenvalue weighted by atomic mass is 10.2. The zero-order valence-corrected chi connectivity index (χ0v) is 8.97. The first-order chi connectivity index (χ1) is 7.65. The lowest BCUT2D eigenvalue weighted by Crippen LogP contribution is -1.96. The highest BCUT2D eigenvalue weighted by atomic mass is 19.1. The number of halogens is 1. The van der Waals surface area contributed by atoms with Crippen molar-refractivity contribution < 1.29 is 9.50 Å². The van der Waals surface area contributed by atoms with Gasteiger partial charge in [0.25, 0.3) is 0 Å². The summed E-state index contributed by atoms with van der Waals surface area (Å²) < 4.78 is 14.5. The Morgan fingerprint density at radius 2 is 2.06 bits per heavy atom. The van der Waals surface area contributed by atoms with E-state index in [1.165, 1.54) is 12.1 Å². The zero-order chi connectivity index (χ0) is 11.5. The number of imidazole rings is 1. The molecule has 1 N–H and O–H groups in total. The Kier molecular flexibility index (Phi) is 3.01. The minimum atomic E-state index is -0.561. The van der Waals surface area contributed by atoms with Gasteiger partial charge < -0.3 is 9.67 Å². The number of hydrogen-bond donors (Lipinski definition) is 1. The summed E-state index contributed by atoms with van der Waals surface area (Å²) in [6, 6.07) is 6.33. The van der Waals surface area contributed by atoms with Crippen LogP contribution >= 0.6 is 0 Å². The summed E-state index contributed by atoms with van der Waals surface area (Å²) >= 11 is 0. The molecule has 1 unspecified atom stereocenters. The van der Waals surface area contributed by atoms with Crippen LogP contribution in [-0.4, -0.2) is 14.7 Å². The number of benzene rings is 1. The molecule has 0 spiro atoms. The summed E-state index contributed by atoms with van der Waals surface area (Å²) in [6.07, 6.45) is 2.88. The molecule has 0 aliphatic rings. The Labute approximate surface area is 93.2 Å². The normalized spacial score (nSPS) is 12.7. The molecule has 0 saturated carbocycles. The van der Waals surface area contributed by atoms with Gasteiger partial charge in [-0.25, -0.2) is 9.37 Å². The quantitative estimate of drug-likeness (QED) is 0.860. The van der Waals surface area contributed by atoms with Crippen molar-refractivity contribution in [1.29, 1.82) is 0 Å². The second kappa shape index (κ2) is 4.45. The van der Waals surface area contributed by atoms with Crippen molar-refractivity contribution in [1.82, 2.24) is 9.55 Å². The third-order valence-corrected chi connectivity index (χ3v) is 2.36. The van der Waals surface area contributed by atoms with Crippen molar-refractivity contribution >= 4 is 0 Å². The van der Waals surface area contributed by atoms with E-state index in [1.807, 2.05) is 4.57 Å².